The van der Waals surface area contributed by atoms with Crippen LogP contribution in [0.3, 0.4) is 0 Å². The zero-order chi connectivity index (χ0) is 38.6. The van der Waals surface area contributed by atoms with E-state index in [0.717, 1.165) is 15.8 Å². The van der Waals surface area contributed by atoms with Crippen LogP contribution in [0.1, 0.15) is 48.4 Å². The first-order chi connectivity index (χ1) is 24.9. The zero-order valence-electron chi connectivity index (χ0n) is 34.9. The van der Waals surface area contributed by atoms with Crippen molar-refractivity contribution >= 4 is 17.1 Å². The van der Waals surface area contributed by atoms with Crippen LogP contribution in [0.4, 0.5) is 17.1 Å². The number of rotatable bonds is 4. The van der Waals surface area contributed by atoms with E-state index in [1.54, 1.807) is 4.90 Å². The summed E-state index contributed by atoms with van der Waals surface area (Å²) in [4.78, 5) is 6.15. The Morgan fingerprint density at radius 2 is 1.23 bits per heavy atom. The molecule has 40 heavy (non-hydrogen) atoms. The van der Waals surface area contributed by atoms with Crippen LogP contribution in [0.25, 0.3) is 28.5 Å². The Balaban J connectivity index is 1.54. The summed E-state index contributed by atoms with van der Waals surface area (Å²) < 4.78 is 114. The van der Waals surface area contributed by atoms with Crippen LogP contribution in [-0.4, -0.2) is 14.8 Å². The second kappa shape index (κ2) is 9.35. The SMILES string of the molecule is [2H]c1c([2H])c([2H])c(-n2nc(-c3c([2H])c([2H])c(N4c5ccccc5C(C)(C)c5ccccc54)c([2H])c3[2H])nc2-c2c([2H])c([2H])c(C)c([2H])c2[2H])c([2H])c1[2H]. The average molecular weight is 532 g/mol. The van der Waals surface area contributed by atoms with Gasteiger partial charge in [0.15, 0.2) is 11.6 Å². The quantitative estimate of drug-likeness (QED) is 0.228. The predicted molar refractivity (Wildman–Crippen MR) is 164 cm³/mol. The largest absolute Gasteiger partial charge is 0.310 e. The molecule has 0 fully saturated rings. The Hall–Kier alpha value is -4.96. The van der Waals surface area contributed by atoms with E-state index >= 15 is 0 Å². The molecule has 0 N–H and O–H groups in total. The molecule has 1 aliphatic rings. The lowest BCUT2D eigenvalue weighted by molar-refractivity contribution is 0.632. The minimum absolute atomic E-state index is 0.0391. The fourth-order valence-electron chi connectivity index (χ4n) is 5.01. The molecule has 4 heteroatoms. The first-order valence-electron chi connectivity index (χ1n) is 19.1. The van der Waals surface area contributed by atoms with Gasteiger partial charge in [0.2, 0.25) is 0 Å². The molecule has 2 heterocycles. The lowest BCUT2D eigenvalue weighted by Gasteiger charge is -2.42. The highest BCUT2D eigenvalue weighted by molar-refractivity contribution is 5.86. The fourth-order valence-corrected chi connectivity index (χ4v) is 5.01. The van der Waals surface area contributed by atoms with Gasteiger partial charge < -0.3 is 4.90 Å². The third-order valence-corrected chi connectivity index (χ3v) is 6.97. The first kappa shape index (κ1) is 13.9. The van der Waals surface area contributed by atoms with Gasteiger partial charge in [-0.3, -0.25) is 0 Å². The Morgan fingerprint density at radius 3 is 1.85 bits per heavy atom. The summed E-state index contributed by atoms with van der Waals surface area (Å²) in [6.45, 7) is 5.55. The van der Waals surface area contributed by atoms with E-state index in [1.165, 1.54) is 6.92 Å². The Labute approximate surface area is 253 Å². The molecule has 0 amide bonds. The van der Waals surface area contributed by atoms with E-state index < -0.39 is 112 Å². The van der Waals surface area contributed by atoms with Gasteiger partial charge in [-0.25, -0.2) is 9.67 Å². The van der Waals surface area contributed by atoms with E-state index in [2.05, 4.69) is 23.9 Å². The van der Waals surface area contributed by atoms with E-state index in [-0.39, 0.29) is 11.3 Å². The number of benzene rings is 5. The Bertz CT molecular complexity index is 2340. The molecular formula is C36H30N4. The molecule has 0 spiro atoms. The van der Waals surface area contributed by atoms with Crippen molar-refractivity contribution in [1.82, 2.24) is 14.8 Å². The molecular weight excluding hydrogens is 488 g/mol. The highest BCUT2D eigenvalue weighted by Crippen LogP contribution is 2.51. The normalized spacial score (nSPS) is 18.1. The van der Waals surface area contributed by atoms with Crippen molar-refractivity contribution in [2.45, 2.75) is 26.2 Å². The van der Waals surface area contributed by atoms with Gasteiger partial charge in [-0.05, 0) is 66.4 Å². The minimum atomic E-state index is -0.716. The number of hydrogen-bond donors (Lipinski definition) is 0. The maximum Gasteiger partial charge on any atom is 0.182 e. The van der Waals surface area contributed by atoms with Gasteiger partial charge in [-0.1, -0.05) is 98.1 Å². The molecule has 0 radical (unpaired) electrons. The van der Waals surface area contributed by atoms with Gasteiger partial charge >= 0.3 is 0 Å². The summed E-state index contributed by atoms with van der Waals surface area (Å²) in [6, 6.07) is 7.63. The van der Waals surface area contributed by atoms with Crippen LogP contribution in [0.5, 0.6) is 0 Å². The summed E-state index contributed by atoms with van der Waals surface area (Å²) >= 11 is 0. The Morgan fingerprint density at radius 1 is 0.650 bits per heavy atom. The summed E-state index contributed by atoms with van der Waals surface area (Å²) in [5, 5.41) is 4.39. The maximum atomic E-state index is 9.29. The Kier molecular flexibility index (Phi) is 3.25. The monoisotopic (exact) mass is 531 g/mol. The highest BCUT2D eigenvalue weighted by Gasteiger charge is 2.36. The van der Waals surface area contributed by atoms with Crippen LogP contribution < -0.4 is 4.90 Å². The van der Waals surface area contributed by atoms with E-state index in [9.17, 15) is 5.48 Å². The van der Waals surface area contributed by atoms with Crippen molar-refractivity contribution in [3.8, 4) is 28.5 Å². The van der Waals surface area contributed by atoms with Crippen molar-refractivity contribution in [3.05, 3.63) is 144 Å². The molecule has 1 aromatic heterocycles. The molecule has 0 saturated carbocycles. The summed E-state index contributed by atoms with van der Waals surface area (Å²) in [6.07, 6.45) is 0. The lowest BCUT2D eigenvalue weighted by Crippen LogP contribution is -2.30. The van der Waals surface area contributed by atoms with Gasteiger partial charge in [0.25, 0.3) is 0 Å². The van der Waals surface area contributed by atoms with Crippen LogP contribution in [-0.2, 0) is 5.41 Å². The predicted octanol–water partition coefficient (Wildman–Crippen LogP) is 9.02. The second-order valence-corrected chi connectivity index (χ2v) is 9.86. The van der Waals surface area contributed by atoms with Gasteiger partial charge in [0.05, 0.1) is 34.9 Å². The van der Waals surface area contributed by atoms with E-state index in [4.69, 9.17) is 12.3 Å². The number of fused-ring (bicyclic) bond motifs is 2. The van der Waals surface area contributed by atoms with Gasteiger partial charge in [-0.2, -0.15) is 0 Å². The second-order valence-electron chi connectivity index (χ2n) is 9.86. The maximum absolute atomic E-state index is 9.29. The average Bonchev–Trinajstić information content (AvgIpc) is 3.55. The summed E-state index contributed by atoms with van der Waals surface area (Å²) in [5.74, 6) is -0.925. The van der Waals surface area contributed by atoms with Crippen LogP contribution >= 0.6 is 0 Å². The fraction of sp³-hybridized carbons (Fsp3) is 0.111. The highest BCUT2D eigenvalue weighted by atomic mass is 15.4. The van der Waals surface area contributed by atoms with Gasteiger partial charge in [0, 0.05) is 22.2 Å². The van der Waals surface area contributed by atoms with Crippen LogP contribution in [0.15, 0.2) is 127 Å². The van der Waals surface area contributed by atoms with Gasteiger partial charge in [0.1, 0.15) is 0 Å². The van der Waals surface area contributed by atoms with Crippen LogP contribution in [0.2, 0.25) is 0 Å². The molecule has 0 atom stereocenters. The standard InChI is InChI=1S/C36H30N4/c1-25-17-19-27(20-18-25)35-37-34(38-40(35)29-11-5-4-6-12-29)26-21-23-28(24-22-26)39-32-15-9-7-13-30(32)36(2,3)31-14-8-10-16-33(31)39/h4-24H,1-3H3/i4D,5D,6D,11D,12D,17D,18D,19D,20D,21D,22D,23D,24D. The van der Waals surface area contributed by atoms with Crippen molar-refractivity contribution in [2.24, 2.45) is 0 Å². The number of nitrogens with zero attached hydrogens (tertiary/aromatic N) is 4. The topological polar surface area (TPSA) is 34.0 Å². The molecule has 0 saturated heterocycles. The molecule has 0 bridgehead atoms. The zero-order valence-corrected chi connectivity index (χ0v) is 21.9. The first-order valence-corrected chi connectivity index (χ1v) is 12.6. The van der Waals surface area contributed by atoms with E-state index in [1.807, 2.05) is 48.5 Å². The molecule has 6 aromatic rings. The van der Waals surface area contributed by atoms with Crippen LogP contribution in [0, 0.1) is 6.92 Å². The third kappa shape index (κ3) is 3.92. The lowest BCUT2D eigenvalue weighted by atomic mass is 9.73. The van der Waals surface area contributed by atoms with Crippen molar-refractivity contribution in [3.63, 3.8) is 0 Å². The summed E-state index contributed by atoms with van der Waals surface area (Å²) in [5.41, 5.74) is 1.35. The number of anilines is 3. The van der Waals surface area contributed by atoms with Crippen molar-refractivity contribution in [2.75, 3.05) is 4.90 Å². The number of hydrogen-bond acceptors (Lipinski definition) is 3. The molecule has 0 unspecified atom stereocenters. The van der Waals surface area contributed by atoms with Crippen molar-refractivity contribution < 1.29 is 17.8 Å². The molecule has 0 aliphatic carbocycles. The smallest absolute Gasteiger partial charge is 0.182 e. The molecule has 7 rings (SSSR count). The summed E-state index contributed by atoms with van der Waals surface area (Å²) in [7, 11) is 0. The van der Waals surface area contributed by atoms with E-state index in [0.29, 0.717) is 11.4 Å². The third-order valence-electron chi connectivity index (χ3n) is 6.97. The van der Waals surface area contributed by atoms with Gasteiger partial charge in [-0.15, -0.1) is 5.10 Å². The molecule has 4 nitrogen and oxygen atoms in total. The molecule has 5 aromatic carbocycles. The van der Waals surface area contributed by atoms with Crippen molar-refractivity contribution in [1.29, 1.82) is 0 Å². The molecule has 194 valence electrons. The molecule has 1 aliphatic heterocycles. The number of para-hydroxylation sites is 3. The minimum Gasteiger partial charge on any atom is -0.310 e. The number of aromatic nitrogens is 3.